The van der Waals surface area contributed by atoms with Crippen LogP contribution in [-0.2, 0) is 0 Å². The Morgan fingerprint density at radius 1 is 0.906 bits per heavy atom. The summed E-state index contributed by atoms with van der Waals surface area (Å²) in [7, 11) is 5.66. The average Bonchev–Trinajstić information content (AvgIpc) is 3.26. The van der Waals surface area contributed by atoms with Gasteiger partial charge in [-0.1, -0.05) is 17.7 Å². The molecule has 0 bridgehead atoms. The van der Waals surface area contributed by atoms with E-state index in [1.807, 2.05) is 74.8 Å². The number of nitrogens with zero attached hydrogens (tertiary/aromatic N) is 2. The highest BCUT2D eigenvalue weighted by atomic mass is 35.5. The summed E-state index contributed by atoms with van der Waals surface area (Å²) in [5, 5.41) is 0.565. The van der Waals surface area contributed by atoms with Gasteiger partial charge in [-0.3, -0.25) is 4.98 Å². The highest BCUT2D eigenvalue weighted by molar-refractivity contribution is 6.32. The normalized spacial score (nSPS) is 11.0. The first-order valence-corrected chi connectivity index (χ1v) is 10.7. The van der Waals surface area contributed by atoms with Gasteiger partial charge in [-0.15, -0.1) is 0 Å². The minimum absolute atomic E-state index is 0.565. The fourth-order valence-corrected chi connectivity index (χ4v) is 3.55. The summed E-state index contributed by atoms with van der Waals surface area (Å²) in [6.45, 7) is 1.50. The van der Waals surface area contributed by atoms with E-state index in [9.17, 15) is 0 Å². The molecule has 4 rings (SSSR count). The zero-order valence-electron chi connectivity index (χ0n) is 18.3. The van der Waals surface area contributed by atoms with E-state index >= 15 is 0 Å². The van der Waals surface area contributed by atoms with E-state index in [0.717, 1.165) is 46.1 Å². The summed E-state index contributed by atoms with van der Waals surface area (Å²) in [4.78, 5) is 6.21. The molecule has 0 N–H and O–H groups in total. The Hall–Kier alpha value is -3.28. The van der Waals surface area contributed by atoms with Crippen LogP contribution < -0.4 is 9.47 Å². The van der Waals surface area contributed by atoms with Gasteiger partial charge in [0.2, 0.25) is 0 Å². The third kappa shape index (κ3) is 4.96. The van der Waals surface area contributed by atoms with Crippen LogP contribution in [0.25, 0.3) is 33.8 Å². The molecular weight excluding hydrogens is 424 g/mol. The van der Waals surface area contributed by atoms with Crippen LogP contribution >= 0.6 is 11.6 Å². The first-order chi connectivity index (χ1) is 15.5. The van der Waals surface area contributed by atoms with Gasteiger partial charge in [0.25, 0.3) is 0 Å². The number of aromatic nitrogens is 1. The first kappa shape index (κ1) is 21.9. The van der Waals surface area contributed by atoms with Gasteiger partial charge >= 0.3 is 0 Å². The molecule has 2 heterocycles. The maximum absolute atomic E-state index is 6.35. The molecule has 6 heteroatoms. The predicted molar refractivity (Wildman–Crippen MR) is 128 cm³/mol. The molecule has 32 heavy (non-hydrogen) atoms. The lowest BCUT2D eigenvalue weighted by molar-refractivity contribution is 0.261. The van der Waals surface area contributed by atoms with E-state index in [1.165, 1.54) is 0 Å². The highest BCUT2D eigenvalue weighted by Gasteiger charge is 2.17. The van der Waals surface area contributed by atoms with Crippen molar-refractivity contribution in [2.75, 3.05) is 34.4 Å². The van der Waals surface area contributed by atoms with Crippen molar-refractivity contribution in [2.24, 2.45) is 0 Å². The third-order valence-corrected chi connectivity index (χ3v) is 5.40. The SMILES string of the molecule is COc1cc(-c2cc(-c3ccc(OCCN(C)C)cc3)oc2-c2ccncc2)ccc1Cl. The van der Waals surface area contributed by atoms with E-state index in [-0.39, 0.29) is 0 Å². The van der Waals surface area contributed by atoms with Crippen molar-refractivity contribution < 1.29 is 13.9 Å². The lowest BCUT2D eigenvalue weighted by Crippen LogP contribution is -2.19. The second-order valence-electron chi connectivity index (χ2n) is 7.61. The van der Waals surface area contributed by atoms with Crippen LogP contribution in [0.3, 0.4) is 0 Å². The van der Waals surface area contributed by atoms with Gasteiger partial charge in [-0.2, -0.15) is 0 Å². The molecular formula is C26H25ClN2O3. The van der Waals surface area contributed by atoms with Crippen molar-refractivity contribution in [3.63, 3.8) is 0 Å². The smallest absolute Gasteiger partial charge is 0.142 e. The summed E-state index contributed by atoms with van der Waals surface area (Å²) >= 11 is 6.24. The van der Waals surface area contributed by atoms with Crippen LogP contribution in [0, 0.1) is 0 Å². The van der Waals surface area contributed by atoms with Gasteiger partial charge < -0.3 is 18.8 Å². The summed E-state index contributed by atoms with van der Waals surface area (Å²) in [6.07, 6.45) is 3.51. The fourth-order valence-electron chi connectivity index (χ4n) is 3.35. The molecule has 0 spiro atoms. The number of rotatable bonds is 8. The van der Waals surface area contributed by atoms with Crippen molar-refractivity contribution >= 4 is 11.6 Å². The molecule has 0 unspecified atom stereocenters. The number of ether oxygens (including phenoxy) is 2. The Labute approximate surface area is 193 Å². The van der Waals surface area contributed by atoms with Crippen molar-refractivity contribution in [1.82, 2.24) is 9.88 Å². The standard InChI is InChI=1S/C26H25ClN2O3/c1-29(2)14-15-31-21-7-4-18(5-8-21)24-17-22(20-6-9-23(27)25(16-20)30-3)26(32-24)19-10-12-28-13-11-19/h4-13,16-17H,14-15H2,1-3H3. The Kier molecular flexibility index (Phi) is 6.78. The highest BCUT2D eigenvalue weighted by Crippen LogP contribution is 2.41. The van der Waals surface area contributed by atoms with E-state index in [0.29, 0.717) is 17.4 Å². The predicted octanol–water partition coefficient (Wildman–Crippen LogP) is 6.28. The number of methoxy groups -OCH3 is 1. The molecule has 0 aliphatic heterocycles. The topological polar surface area (TPSA) is 47.7 Å². The monoisotopic (exact) mass is 448 g/mol. The number of pyridine rings is 1. The van der Waals surface area contributed by atoms with Crippen LogP contribution in [0.4, 0.5) is 0 Å². The van der Waals surface area contributed by atoms with Crippen LogP contribution in [0.15, 0.2) is 77.5 Å². The van der Waals surface area contributed by atoms with E-state index in [1.54, 1.807) is 19.5 Å². The number of hydrogen-bond acceptors (Lipinski definition) is 5. The van der Waals surface area contributed by atoms with Crippen molar-refractivity contribution in [1.29, 1.82) is 0 Å². The molecule has 2 aromatic heterocycles. The lowest BCUT2D eigenvalue weighted by Gasteiger charge is -2.11. The fraction of sp³-hybridized carbons (Fsp3) is 0.192. The Morgan fingerprint density at radius 3 is 2.31 bits per heavy atom. The molecule has 0 amide bonds. The number of hydrogen-bond donors (Lipinski definition) is 0. The summed E-state index contributed by atoms with van der Waals surface area (Å²) in [6, 6.07) is 19.6. The molecule has 0 atom stereocenters. The average molecular weight is 449 g/mol. The van der Waals surface area contributed by atoms with Crippen LogP contribution in [-0.4, -0.2) is 44.2 Å². The summed E-state index contributed by atoms with van der Waals surface area (Å²) < 4.78 is 17.6. The van der Waals surface area contributed by atoms with Crippen molar-refractivity contribution in [2.45, 2.75) is 0 Å². The molecule has 164 valence electrons. The van der Waals surface area contributed by atoms with Crippen LogP contribution in [0.2, 0.25) is 5.02 Å². The molecule has 0 radical (unpaired) electrons. The van der Waals surface area contributed by atoms with Gasteiger partial charge in [-0.05, 0) is 74.3 Å². The zero-order chi connectivity index (χ0) is 22.5. The summed E-state index contributed by atoms with van der Waals surface area (Å²) in [5.74, 6) is 2.98. The molecule has 0 fully saturated rings. The molecule has 0 aliphatic rings. The largest absolute Gasteiger partial charge is 0.495 e. The minimum Gasteiger partial charge on any atom is -0.495 e. The van der Waals surface area contributed by atoms with Crippen LogP contribution in [0.5, 0.6) is 11.5 Å². The molecule has 5 nitrogen and oxygen atoms in total. The second kappa shape index (κ2) is 9.90. The quantitative estimate of drug-likeness (QED) is 0.317. The van der Waals surface area contributed by atoms with Gasteiger partial charge in [0.15, 0.2) is 0 Å². The van der Waals surface area contributed by atoms with Crippen molar-refractivity contribution in [3.8, 4) is 45.3 Å². The zero-order valence-corrected chi connectivity index (χ0v) is 19.1. The number of furan rings is 1. The number of benzene rings is 2. The Balaban J connectivity index is 1.70. The lowest BCUT2D eigenvalue weighted by atomic mass is 10.0. The maximum atomic E-state index is 6.35. The van der Waals surface area contributed by atoms with Gasteiger partial charge in [0, 0.05) is 35.6 Å². The molecule has 4 aromatic rings. The van der Waals surface area contributed by atoms with Gasteiger partial charge in [0.1, 0.15) is 29.6 Å². The summed E-state index contributed by atoms with van der Waals surface area (Å²) in [5.41, 5.74) is 3.82. The van der Waals surface area contributed by atoms with E-state index < -0.39 is 0 Å². The van der Waals surface area contributed by atoms with Crippen molar-refractivity contribution in [3.05, 3.63) is 78.1 Å². The van der Waals surface area contributed by atoms with Crippen LogP contribution in [0.1, 0.15) is 0 Å². The molecule has 2 aromatic carbocycles. The van der Waals surface area contributed by atoms with Gasteiger partial charge in [0.05, 0.1) is 12.1 Å². The maximum Gasteiger partial charge on any atom is 0.142 e. The van der Waals surface area contributed by atoms with Gasteiger partial charge in [-0.25, -0.2) is 0 Å². The number of likely N-dealkylation sites (N-methyl/N-ethyl adjacent to an activating group) is 1. The first-order valence-electron chi connectivity index (χ1n) is 10.3. The molecule has 0 saturated heterocycles. The minimum atomic E-state index is 0.565. The molecule has 0 aliphatic carbocycles. The molecule has 0 saturated carbocycles. The van der Waals surface area contributed by atoms with E-state index in [2.05, 4.69) is 9.88 Å². The second-order valence-corrected chi connectivity index (χ2v) is 8.02. The Bertz CT molecular complexity index is 1170. The number of halogens is 1. The third-order valence-electron chi connectivity index (χ3n) is 5.08. The van der Waals surface area contributed by atoms with E-state index in [4.69, 9.17) is 25.5 Å². The Morgan fingerprint density at radius 2 is 1.62 bits per heavy atom.